The maximum Gasteiger partial charge on any atom is 3.00 e. The summed E-state index contributed by atoms with van der Waals surface area (Å²) in [7, 11) is 0. The van der Waals surface area contributed by atoms with Crippen LogP contribution in [0.1, 0.15) is 22.3 Å². The molecule has 0 fully saturated rings. The van der Waals surface area contributed by atoms with Crippen molar-refractivity contribution in [2.45, 2.75) is 27.7 Å². The van der Waals surface area contributed by atoms with E-state index in [-0.39, 0.29) is 20.1 Å². The number of benzene rings is 4. The van der Waals surface area contributed by atoms with Crippen LogP contribution >= 0.6 is 0 Å². The zero-order chi connectivity index (χ0) is 25.1. The minimum atomic E-state index is 0. The van der Waals surface area contributed by atoms with Crippen molar-refractivity contribution in [3.05, 3.63) is 131 Å². The molecule has 0 unspecified atom stereocenters. The molecule has 2 aromatic heterocycles. The standard InChI is InChI=1S/2C17H15N.Ir/c2*1-12-6-5-8-15(13(12)2)17-11-10-14-7-3-4-9-16(14)18-17;/h2*3-11H,1-2H3;/q;;+3. The molecule has 0 saturated heterocycles. The summed E-state index contributed by atoms with van der Waals surface area (Å²) in [6.07, 6.45) is 0. The predicted molar refractivity (Wildman–Crippen MR) is 153 cm³/mol. The van der Waals surface area contributed by atoms with Crippen LogP contribution < -0.4 is 0 Å². The Hall–Kier alpha value is -3.65. The van der Waals surface area contributed by atoms with Crippen molar-refractivity contribution in [2.24, 2.45) is 0 Å². The summed E-state index contributed by atoms with van der Waals surface area (Å²) in [6, 6.07) is 37.7. The van der Waals surface area contributed by atoms with Crippen molar-refractivity contribution in [1.82, 2.24) is 9.97 Å². The van der Waals surface area contributed by atoms with Gasteiger partial charge in [0.1, 0.15) is 0 Å². The number of pyridine rings is 2. The maximum atomic E-state index is 4.75. The molecule has 2 nitrogen and oxygen atoms in total. The average molecular weight is 659 g/mol. The van der Waals surface area contributed by atoms with Crippen LogP contribution in [0.25, 0.3) is 44.3 Å². The topological polar surface area (TPSA) is 25.8 Å². The summed E-state index contributed by atoms with van der Waals surface area (Å²) in [4.78, 5) is 9.49. The Morgan fingerprint density at radius 1 is 0.405 bits per heavy atom. The van der Waals surface area contributed by atoms with Crippen molar-refractivity contribution in [1.29, 1.82) is 0 Å². The molecule has 0 atom stereocenters. The molecule has 182 valence electrons. The van der Waals surface area contributed by atoms with Crippen LogP contribution in [0.3, 0.4) is 0 Å². The van der Waals surface area contributed by atoms with Crippen LogP contribution in [0.15, 0.2) is 109 Å². The van der Waals surface area contributed by atoms with Gasteiger partial charge in [-0.15, -0.1) is 0 Å². The fourth-order valence-electron chi connectivity index (χ4n) is 4.49. The number of rotatable bonds is 2. The Morgan fingerprint density at radius 2 is 0.811 bits per heavy atom. The maximum absolute atomic E-state index is 4.75. The van der Waals surface area contributed by atoms with E-state index in [1.165, 1.54) is 44.2 Å². The van der Waals surface area contributed by atoms with Crippen LogP contribution in [0.2, 0.25) is 0 Å². The van der Waals surface area contributed by atoms with Gasteiger partial charge in [0, 0.05) is 21.9 Å². The van der Waals surface area contributed by atoms with E-state index in [9.17, 15) is 0 Å². The van der Waals surface area contributed by atoms with E-state index in [1.54, 1.807) is 0 Å². The molecular weight excluding hydrogens is 629 g/mol. The zero-order valence-electron chi connectivity index (χ0n) is 21.6. The minimum Gasteiger partial charge on any atom is -0.248 e. The smallest absolute Gasteiger partial charge is 0.248 e. The monoisotopic (exact) mass is 659 g/mol. The summed E-state index contributed by atoms with van der Waals surface area (Å²) in [5, 5.41) is 2.37. The molecule has 0 aliphatic rings. The van der Waals surface area contributed by atoms with E-state index < -0.39 is 0 Å². The molecule has 0 aliphatic heterocycles. The Bertz CT molecular complexity index is 1560. The number of aryl methyl sites for hydroxylation is 2. The first-order valence-electron chi connectivity index (χ1n) is 12.4. The Balaban J connectivity index is 0.000000168. The molecular formula is C34H30IrN2+3. The molecule has 0 saturated carbocycles. The van der Waals surface area contributed by atoms with Crippen LogP contribution in [0.4, 0.5) is 0 Å². The van der Waals surface area contributed by atoms with Crippen molar-refractivity contribution >= 4 is 21.8 Å². The predicted octanol–water partition coefficient (Wildman–Crippen LogP) is 9.03. The van der Waals surface area contributed by atoms with Gasteiger partial charge in [-0.2, -0.15) is 0 Å². The summed E-state index contributed by atoms with van der Waals surface area (Å²) in [6.45, 7) is 8.59. The second kappa shape index (κ2) is 11.6. The quantitative estimate of drug-likeness (QED) is 0.186. The van der Waals surface area contributed by atoms with E-state index in [4.69, 9.17) is 9.97 Å². The summed E-state index contributed by atoms with van der Waals surface area (Å²) in [5.41, 5.74) is 11.9. The summed E-state index contributed by atoms with van der Waals surface area (Å²) in [5.74, 6) is 0. The fraction of sp³-hybridized carbons (Fsp3) is 0.118. The van der Waals surface area contributed by atoms with Crippen LogP contribution in [0.5, 0.6) is 0 Å². The number of nitrogens with zero attached hydrogens (tertiary/aromatic N) is 2. The number of hydrogen-bond donors (Lipinski definition) is 0. The van der Waals surface area contributed by atoms with E-state index >= 15 is 0 Å². The molecule has 0 radical (unpaired) electrons. The average Bonchev–Trinajstić information content (AvgIpc) is 2.91. The van der Waals surface area contributed by atoms with Crippen molar-refractivity contribution in [3.63, 3.8) is 0 Å². The number of para-hydroxylation sites is 2. The largest absolute Gasteiger partial charge is 3.00 e. The van der Waals surface area contributed by atoms with Crippen LogP contribution in [-0.2, 0) is 20.1 Å². The molecule has 6 rings (SSSR count). The van der Waals surface area contributed by atoms with Gasteiger partial charge in [-0.05, 0) is 74.2 Å². The molecule has 0 N–H and O–H groups in total. The van der Waals surface area contributed by atoms with E-state index in [1.807, 2.05) is 24.3 Å². The van der Waals surface area contributed by atoms with Gasteiger partial charge < -0.3 is 0 Å². The molecule has 4 aromatic carbocycles. The second-order valence-electron chi connectivity index (χ2n) is 9.27. The normalized spacial score (nSPS) is 10.5. The van der Waals surface area contributed by atoms with Gasteiger partial charge in [0.15, 0.2) is 0 Å². The summed E-state index contributed by atoms with van der Waals surface area (Å²) < 4.78 is 0. The molecule has 0 aliphatic carbocycles. The molecule has 6 aromatic rings. The number of aromatic nitrogens is 2. The molecule has 37 heavy (non-hydrogen) atoms. The molecule has 3 heteroatoms. The van der Waals surface area contributed by atoms with Gasteiger partial charge in [0.25, 0.3) is 0 Å². The molecule has 0 spiro atoms. The molecule has 0 bridgehead atoms. The van der Waals surface area contributed by atoms with Gasteiger partial charge >= 0.3 is 20.1 Å². The van der Waals surface area contributed by atoms with Gasteiger partial charge in [0.05, 0.1) is 22.4 Å². The third-order valence-corrected chi connectivity index (χ3v) is 6.96. The number of hydrogen-bond acceptors (Lipinski definition) is 2. The Kier molecular flexibility index (Phi) is 8.28. The van der Waals surface area contributed by atoms with E-state index in [0.717, 1.165) is 22.4 Å². The summed E-state index contributed by atoms with van der Waals surface area (Å²) >= 11 is 0. The van der Waals surface area contributed by atoms with E-state index in [2.05, 4.69) is 113 Å². The fourth-order valence-corrected chi connectivity index (χ4v) is 4.49. The SMILES string of the molecule is Cc1cccc(-c2ccc3ccccc3n2)c1C.Cc1cccc(-c2ccc3ccccc3n2)c1C.[Ir+3]. The van der Waals surface area contributed by atoms with Crippen molar-refractivity contribution < 1.29 is 20.1 Å². The van der Waals surface area contributed by atoms with Gasteiger partial charge in [-0.1, -0.05) is 84.9 Å². The first-order chi connectivity index (χ1) is 17.5. The van der Waals surface area contributed by atoms with Crippen molar-refractivity contribution in [3.8, 4) is 22.5 Å². The molecule has 0 amide bonds. The third-order valence-electron chi connectivity index (χ3n) is 6.96. The van der Waals surface area contributed by atoms with Crippen molar-refractivity contribution in [2.75, 3.05) is 0 Å². The first kappa shape index (κ1) is 26.4. The molecule has 2 heterocycles. The van der Waals surface area contributed by atoms with E-state index in [0.29, 0.717) is 0 Å². The van der Waals surface area contributed by atoms with Crippen LogP contribution in [-0.4, -0.2) is 9.97 Å². The van der Waals surface area contributed by atoms with Gasteiger partial charge in [-0.3, -0.25) is 0 Å². The first-order valence-corrected chi connectivity index (χ1v) is 12.4. The zero-order valence-corrected chi connectivity index (χ0v) is 24.0. The van der Waals surface area contributed by atoms with Crippen LogP contribution in [0, 0.1) is 27.7 Å². The Morgan fingerprint density at radius 3 is 1.24 bits per heavy atom. The second-order valence-corrected chi connectivity index (χ2v) is 9.27. The number of fused-ring (bicyclic) bond motifs is 2. The third kappa shape index (κ3) is 5.69. The Labute approximate surface area is 232 Å². The van der Waals surface area contributed by atoms with Gasteiger partial charge in [-0.25, -0.2) is 9.97 Å². The minimum absolute atomic E-state index is 0. The van der Waals surface area contributed by atoms with Gasteiger partial charge in [0.2, 0.25) is 0 Å².